The Bertz CT molecular complexity index is 713. The van der Waals surface area contributed by atoms with E-state index in [1.54, 1.807) is 6.33 Å². The van der Waals surface area contributed by atoms with Crippen LogP contribution in [0.25, 0.3) is 10.2 Å². The predicted molar refractivity (Wildman–Crippen MR) is 97.1 cm³/mol. The maximum Gasteiger partial charge on any atom is 0.138 e. The first kappa shape index (κ1) is 15.3. The molecule has 2 aromatic rings. The molecule has 23 heavy (non-hydrogen) atoms. The van der Waals surface area contributed by atoms with Gasteiger partial charge in [0, 0.05) is 17.0 Å². The van der Waals surface area contributed by atoms with Gasteiger partial charge >= 0.3 is 0 Å². The molecule has 2 heterocycles. The van der Waals surface area contributed by atoms with E-state index in [0.717, 1.165) is 42.8 Å². The highest BCUT2D eigenvalue weighted by molar-refractivity contribution is 7.19. The molecule has 0 aliphatic heterocycles. The third-order valence-corrected chi connectivity index (χ3v) is 6.67. The average molecular weight is 331 g/mol. The summed E-state index contributed by atoms with van der Waals surface area (Å²) in [5, 5.41) is 5.00. The third-order valence-electron chi connectivity index (χ3n) is 5.47. The molecule has 0 amide bonds. The van der Waals surface area contributed by atoms with Crippen molar-refractivity contribution in [2.45, 2.75) is 70.9 Å². The Morgan fingerprint density at radius 2 is 2.00 bits per heavy atom. The van der Waals surface area contributed by atoms with Crippen LogP contribution in [-0.4, -0.2) is 22.1 Å². The van der Waals surface area contributed by atoms with Gasteiger partial charge in [-0.2, -0.15) is 0 Å². The summed E-state index contributed by atoms with van der Waals surface area (Å²) in [6.45, 7) is 4.75. The van der Waals surface area contributed by atoms with E-state index in [1.807, 2.05) is 11.3 Å². The van der Waals surface area contributed by atoms with Crippen molar-refractivity contribution in [3.8, 4) is 0 Å². The fourth-order valence-corrected chi connectivity index (χ4v) is 5.17. The van der Waals surface area contributed by atoms with Crippen molar-refractivity contribution in [2.24, 2.45) is 11.1 Å². The molecule has 0 spiro atoms. The van der Waals surface area contributed by atoms with E-state index in [1.165, 1.54) is 28.7 Å². The molecule has 0 atom stereocenters. The number of anilines is 1. The number of nitrogens with two attached hydrogens (primary N) is 1. The summed E-state index contributed by atoms with van der Waals surface area (Å²) in [7, 11) is 0. The van der Waals surface area contributed by atoms with E-state index in [0.29, 0.717) is 17.5 Å². The summed E-state index contributed by atoms with van der Waals surface area (Å²) in [5.41, 5.74) is 7.91. The second-order valence-corrected chi connectivity index (χ2v) is 9.09. The molecule has 2 aliphatic carbocycles. The van der Waals surface area contributed by atoms with Gasteiger partial charge in [-0.05, 0) is 55.9 Å². The maximum atomic E-state index is 6.03. The molecular formula is C18H26N4S. The normalized spacial score (nSPS) is 26.9. The minimum Gasteiger partial charge on any atom is -0.367 e. The molecule has 3 N–H and O–H groups in total. The highest BCUT2D eigenvalue weighted by Crippen LogP contribution is 2.44. The van der Waals surface area contributed by atoms with Crippen LogP contribution in [0.3, 0.4) is 0 Å². The van der Waals surface area contributed by atoms with Crippen molar-refractivity contribution in [1.82, 2.24) is 9.97 Å². The lowest BCUT2D eigenvalue weighted by Crippen LogP contribution is -2.33. The Labute approximate surface area is 141 Å². The zero-order valence-electron chi connectivity index (χ0n) is 14.1. The highest BCUT2D eigenvalue weighted by Gasteiger charge is 2.30. The van der Waals surface area contributed by atoms with Gasteiger partial charge in [-0.3, -0.25) is 0 Å². The molecule has 4 nitrogen and oxygen atoms in total. The van der Waals surface area contributed by atoms with Gasteiger partial charge in [-0.15, -0.1) is 11.3 Å². The van der Waals surface area contributed by atoms with Crippen LogP contribution in [-0.2, 0) is 12.8 Å². The first-order valence-corrected chi connectivity index (χ1v) is 9.61. The first-order valence-electron chi connectivity index (χ1n) is 8.79. The first-order chi connectivity index (χ1) is 11.0. The van der Waals surface area contributed by atoms with Crippen molar-refractivity contribution >= 4 is 27.4 Å². The van der Waals surface area contributed by atoms with Gasteiger partial charge in [-0.1, -0.05) is 13.8 Å². The highest BCUT2D eigenvalue weighted by atomic mass is 32.1. The lowest BCUT2D eigenvalue weighted by molar-refractivity contribution is 0.319. The van der Waals surface area contributed by atoms with Crippen molar-refractivity contribution in [1.29, 1.82) is 0 Å². The number of aryl methyl sites for hydroxylation is 1. The molecule has 0 aromatic carbocycles. The molecule has 124 valence electrons. The zero-order valence-corrected chi connectivity index (χ0v) is 14.9. The van der Waals surface area contributed by atoms with E-state index in [-0.39, 0.29) is 0 Å². The fraction of sp³-hybridized carbons (Fsp3) is 0.667. The van der Waals surface area contributed by atoms with Gasteiger partial charge in [0.05, 0.1) is 5.39 Å². The van der Waals surface area contributed by atoms with Crippen molar-refractivity contribution in [3.05, 3.63) is 16.8 Å². The molecule has 4 rings (SSSR count). The van der Waals surface area contributed by atoms with E-state index in [9.17, 15) is 0 Å². The molecular weight excluding hydrogens is 304 g/mol. The lowest BCUT2D eigenvalue weighted by Gasteiger charge is -2.30. The monoisotopic (exact) mass is 330 g/mol. The van der Waals surface area contributed by atoms with Crippen LogP contribution in [0, 0.1) is 5.41 Å². The molecule has 1 fully saturated rings. The minimum atomic E-state index is 0.381. The molecule has 0 radical (unpaired) electrons. The number of hydrogen-bond donors (Lipinski definition) is 2. The smallest absolute Gasteiger partial charge is 0.138 e. The molecule has 0 unspecified atom stereocenters. The van der Waals surface area contributed by atoms with E-state index < -0.39 is 0 Å². The summed E-state index contributed by atoms with van der Waals surface area (Å²) in [6.07, 6.45) is 9.81. The van der Waals surface area contributed by atoms with Crippen LogP contribution < -0.4 is 11.1 Å². The summed E-state index contributed by atoms with van der Waals surface area (Å²) >= 11 is 1.87. The van der Waals surface area contributed by atoms with Gasteiger partial charge in [0.15, 0.2) is 0 Å². The molecule has 0 saturated heterocycles. The molecule has 0 bridgehead atoms. The number of fused-ring (bicyclic) bond motifs is 3. The number of nitrogens with zero attached hydrogens (tertiary/aromatic N) is 2. The van der Waals surface area contributed by atoms with Crippen molar-refractivity contribution in [2.75, 3.05) is 5.32 Å². The molecule has 2 aromatic heterocycles. The van der Waals surface area contributed by atoms with Crippen LogP contribution in [0.2, 0.25) is 0 Å². The van der Waals surface area contributed by atoms with Crippen LogP contribution in [0.4, 0.5) is 5.82 Å². The van der Waals surface area contributed by atoms with E-state index in [4.69, 9.17) is 5.73 Å². The Balaban J connectivity index is 1.69. The number of nitrogens with one attached hydrogen (secondary N) is 1. The Morgan fingerprint density at radius 3 is 2.78 bits per heavy atom. The predicted octanol–water partition coefficient (Wildman–Crippen LogP) is 3.89. The van der Waals surface area contributed by atoms with Crippen LogP contribution >= 0.6 is 11.3 Å². The van der Waals surface area contributed by atoms with Gasteiger partial charge in [0.25, 0.3) is 0 Å². The second-order valence-electron chi connectivity index (χ2n) is 8.00. The largest absolute Gasteiger partial charge is 0.367 e. The summed E-state index contributed by atoms with van der Waals surface area (Å²) in [6, 6.07) is 0.883. The van der Waals surface area contributed by atoms with E-state index in [2.05, 4.69) is 29.1 Å². The van der Waals surface area contributed by atoms with E-state index >= 15 is 0 Å². The van der Waals surface area contributed by atoms with Gasteiger partial charge < -0.3 is 11.1 Å². The molecule has 2 aliphatic rings. The van der Waals surface area contributed by atoms with Crippen molar-refractivity contribution in [3.63, 3.8) is 0 Å². The average Bonchev–Trinajstić information content (AvgIpc) is 2.87. The standard InChI is InChI=1S/C18H26N4S/c1-18(2)8-7-14-13(9-18)15-16(20-10-21-17(15)23-14)22-12-5-3-11(19)4-6-12/h10-12H,3-9,19H2,1-2H3,(H,20,21,22)/t11-,12-. The second kappa shape index (κ2) is 5.71. The molecule has 5 heteroatoms. The summed E-state index contributed by atoms with van der Waals surface area (Å²) < 4.78 is 0. The molecule has 1 saturated carbocycles. The van der Waals surface area contributed by atoms with Gasteiger partial charge in [0.2, 0.25) is 0 Å². The topological polar surface area (TPSA) is 63.8 Å². The minimum absolute atomic E-state index is 0.381. The summed E-state index contributed by atoms with van der Waals surface area (Å²) in [4.78, 5) is 11.8. The van der Waals surface area contributed by atoms with Crippen LogP contribution in [0.1, 0.15) is 56.4 Å². The number of thiophene rings is 1. The van der Waals surface area contributed by atoms with Crippen LogP contribution in [0.5, 0.6) is 0 Å². The maximum absolute atomic E-state index is 6.03. The Kier molecular flexibility index (Phi) is 3.81. The van der Waals surface area contributed by atoms with Gasteiger partial charge in [-0.25, -0.2) is 9.97 Å². The number of hydrogen-bond acceptors (Lipinski definition) is 5. The fourth-order valence-electron chi connectivity index (χ4n) is 4.01. The van der Waals surface area contributed by atoms with Crippen LogP contribution in [0.15, 0.2) is 6.33 Å². The van der Waals surface area contributed by atoms with Crippen molar-refractivity contribution < 1.29 is 0 Å². The van der Waals surface area contributed by atoms with Gasteiger partial charge in [0.1, 0.15) is 17.0 Å². The Hall–Kier alpha value is -1.20. The number of rotatable bonds is 2. The number of aromatic nitrogens is 2. The quantitative estimate of drug-likeness (QED) is 0.877. The zero-order chi connectivity index (χ0) is 16.0. The Morgan fingerprint density at radius 1 is 1.22 bits per heavy atom. The summed E-state index contributed by atoms with van der Waals surface area (Å²) in [5.74, 6) is 1.05. The lowest BCUT2D eigenvalue weighted by atomic mass is 9.76. The third kappa shape index (κ3) is 2.96. The SMILES string of the molecule is CC1(C)CCc2sc3ncnc(N[C@H]4CC[C@H](N)CC4)c3c2C1.